The molecule has 0 amide bonds. The number of pyridine rings is 1. The van der Waals surface area contributed by atoms with E-state index < -0.39 is 5.60 Å². The number of hydrogen-bond donors (Lipinski definition) is 1. The minimum absolute atomic E-state index is 0.784. The van der Waals surface area contributed by atoms with Crippen LogP contribution >= 0.6 is 0 Å². The molecule has 17 heavy (non-hydrogen) atoms. The van der Waals surface area contributed by atoms with Crippen molar-refractivity contribution in [1.82, 2.24) is 4.98 Å². The van der Waals surface area contributed by atoms with E-state index in [4.69, 9.17) is 0 Å². The molecule has 1 aromatic carbocycles. The Hall–Kier alpha value is -1.93. The lowest BCUT2D eigenvalue weighted by atomic mass is 9.96. The van der Waals surface area contributed by atoms with E-state index in [1.807, 2.05) is 48.5 Å². The molecule has 0 radical (unpaired) electrons. The first-order chi connectivity index (χ1) is 8.18. The molecule has 0 fully saturated rings. The van der Waals surface area contributed by atoms with Crippen LogP contribution in [-0.4, -0.2) is 10.1 Å². The SMILES string of the molecule is CC(O)(/C=C\c1ccccc1)c1cccnc1. The monoisotopic (exact) mass is 225 g/mol. The zero-order valence-corrected chi connectivity index (χ0v) is 9.75. The third-order valence-electron chi connectivity index (χ3n) is 2.65. The molecule has 0 saturated heterocycles. The van der Waals surface area contributed by atoms with E-state index in [-0.39, 0.29) is 0 Å². The highest BCUT2D eigenvalue weighted by atomic mass is 16.3. The van der Waals surface area contributed by atoms with E-state index in [0.717, 1.165) is 11.1 Å². The Kier molecular flexibility index (Phi) is 3.35. The molecule has 2 rings (SSSR count). The summed E-state index contributed by atoms with van der Waals surface area (Å²) in [7, 11) is 0. The summed E-state index contributed by atoms with van der Waals surface area (Å²) in [6, 6.07) is 13.6. The minimum Gasteiger partial charge on any atom is -0.381 e. The molecule has 0 saturated carbocycles. The second-order valence-electron chi connectivity index (χ2n) is 4.13. The van der Waals surface area contributed by atoms with Gasteiger partial charge in [0.1, 0.15) is 5.60 Å². The average Bonchev–Trinajstić information content (AvgIpc) is 2.39. The molecule has 0 aliphatic carbocycles. The largest absolute Gasteiger partial charge is 0.381 e. The predicted molar refractivity (Wildman–Crippen MR) is 69.3 cm³/mol. The topological polar surface area (TPSA) is 33.1 Å². The molecule has 0 bridgehead atoms. The van der Waals surface area contributed by atoms with Gasteiger partial charge in [-0.2, -0.15) is 0 Å². The first-order valence-electron chi connectivity index (χ1n) is 5.56. The van der Waals surface area contributed by atoms with Gasteiger partial charge in [0, 0.05) is 18.0 Å². The lowest BCUT2D eigenvalue weighted by molar-refractivity contribution is 0.112. The summed E-state index contributed by atoms with van der Waals surface area (Å²) in [6.07, 6.45) is 7.06. The van der Waals surface area contributed by atoms with E-state index >= 15 is 0 Å². The zero-order valence-electron chi connectivity index (χ0n) is 9.75. The number of aromatic nitrogens is 1. The summed E-state index contributed by atoms with van der Waals surface area (Å²) in [5, 5.41) is 10.3. The van der Waals surface area contributed by atoms with Crippen molar-refractivity contribution in [2.24, 2.45) is 0 Å². The molecule has 2 aromatic rings. The van der Waals surface area contributed by atoms with Gasteiger partial charge >= 0.3 is 0 Å². The second kappa shape index (κ2) is 4.93. The van der Waals surface area contributed by atoms with Gasteiger partial charge in [-0.15, -0.1) is 0 Å². The molecule has 1 N–H and O–H groups in total. The Labute approximate surface area is 101 Å². The zero-order chi connectivity index (χ0) is 12.1. The predicted octanol–water partition coefficient (Wildman–Crippen LogP) is 3.00. The Morgan fingerprint density at radius 2 is 1.88 bits per heavy atom. The first kappa shape index (κ1) is 11.6. The number of aliphatic hydroxyl groups is 1. The fourth-order valence-corrected chi connectivity index (χ4v) is 1.58. The van der Waals surface area contributed by atoms with Crippen LogP contribution in [-0.2, 0) is 5.60 Å². The highest BCUT2D eigenvalue weighted by Crippen LogP contribution is 2.22. The van der Waals surface area contributed by atoms with Crippen molar-refractivity contribution in [2.45, 2.75) is 12.5 Å². The standard InChI is InChI=1S/C15H15NO/c1-15(17,14-8-5-11-16-12-14)10-9-13-6-3-2-4-7-13/h2-12,17H,1H3/b10-9-. The molecular formula is C15H15NO. The van der Waals surface area contributed by atoms with Crippen molar-refractivity contribution in [1.29, 1.82) is 0 Å². The van der Waals surface area contributed by atoms with E-state index in [1.165, 1.54) is 0 Å². The number of benzene rings is 1. The van der Waals surface area contributed by atoms with Crippen LogP contribution in [0.1, 0.15) is 18.1 Å². The van der Waals surface area contributed by atoms with Gasteiger partial charge in [-0.3, -0.25) is 4.98 Å². The van der Waals surface area contributed by atoms with Crippen LogP contribution < -0.4 is 0 Å². The number of nitrogens with zero attached hydrogens (tertiary/aromatic N) is 1. The lowest BCUT2D eigenvalue weighted by Crippen LogP contribution is -2.17. The maximum atomic E-state index is 10.3. The lowest BCUT2D eigenvalue weighted by Gasteiger charge is -2.18. The van der Waals surface area contributed by atoms with Crippen LogP contribution in [0.4, 0.5) is 0 Å². The number of rotatable bonds is 3. The average molecular weight is 225 g/mol. The Morgan fingerprint density at radius 3 is 2.53 bits per heavy atom. The summed E-state index contributed by atoms with van der Waals surface area (Å²) in [4.78, 5) is 4.01. The summed E-state index contributed by atoms with van der Waals surface area (Å²) >= 11 is 0. The van der Waals surface area contributed by atoms with Crippen molar-refractivity contribution in [3.63, 3.8) is 0 Å². The van der Waals surface area contributed by atoms with Crippen molar-refractivity contribution < 1.29 is 5.11 Å². The van der Waals surface area contributed by atoms with Crippen LogP contribution in [0.2, 0.25) is 0 Å². The first-order valence-corrected chi connectivity index (χ1v) is 5.56. The summed E-state index contributed by atoms with van der Waals surface area (Å²) in [5.74, 6) is 0. The molecular weight excluding hydrogens is 210 g/mol. The smallest absolute Gasteiger partial charge is 0.107 e. The molecule has 86 valence electrons. The maximum Gasteiger partial charge on any atom is 0.107 e. The van der Waals surface area contributed by atoms with Crippen molar-refractivity contribution in [2.75, 3.05) is 0 Å². The highest BCUT2D eigenvalue weighted by molar-refractivity contribution is 5.51. The van der Waals surface area contributed by atoms with Crippen LogP contribution in [0, 0.1) is 0 Å². The summed E-state index contributed by atoms with van der Waals surface area (Å²) in [6.45, 7) is 1.75. The van der Waals surface area contributed by atoms with Crippen molar-refractivity contribution in [3.05, 3.63) is 72.1 Å². The quantitative estimate of drug-likeness (QED) is 0.871. The molecule has 1 heterocycles. The number of hydrogen-bond acceptors (Lipinski definition) is 2. The van der Waals surface area contributed by atoms with E-state index in [0.29, 0.717) is 0 Å². The van der Waals surface area contributed by atoms with E-state index in [9.17, 15) is 5.11 Å². The van der Waals surface area contributed by atoms with Gasteiger partial charge in [0.15, 0.2) is 0 Å². The minimum atomic E-state index is -0.996. The van der Waals surface area contributed by atoms with Gasteiger partial charge in [0.2, 0.25) is 0 Å². The molecule has 1 atom stereocenters. The van der Waals surface area contributed by atoms with Crippen molar-refractivity contribution >= 4 is 6.08 Å². The van der Waals surface area contributed by atoms with Crippen LogP contribution in [0.15, 0.2) is 60.9 Å². The van der Waals surface area contributed by atoms with Gasteiger partial charge in [0.25, 0.3) is 0 Å². The van der Waals surface area contributed by atoms with Gasteiger partial charge in [-0.25, -0.2) is 0 Å². The second-order valence-corrected chi connectivity index (χ2v) is 4.13. The maximum absolute atomic E-state index is 10.3. The Bertz CT molecular complexity index is 489. The van der Waals surface area contributed by atoms with E-state index in [2.05, 4.69) is 4.98 Å². The molecule has 0 aliphatic rings. The molecule has 1 unspecified atom stereocenters. The third-order valence-corrected chi connectivity index (χ3v) is 2.65. The van der Waals surface area contributed by atoms with Crippen LogP contribution in [0.5, 0.6) is 0 Å². The molecule has 1 aromatic heterocycles. The Morgan fingerprint density at radius 1 is 1.12 bits per heavy atom. The van der Waals surface area contributed by atoms with Gasteiger partial charge in [-0.1, -0.05) is 42.5 Å². The van der Waals surface area contributed by atoms with Crippen molar-refractivity contribution in [3.8, 4) is 0 Å². The molecule has 0 aliphatic heterocycles. The summed E-state index contributed by atoms with van der Waals surface area (Å²) < 4.78 is 0. The normalized spacial score (nSPS) is 14.7. The molecule has 0 spiro atoms. The van der Waals surface area contributed by atoms with Crippen LogP contribution in [0.3, 0.4) is 0 Å². The Balaban J connectivity index is 2.21. The molecule has 2 nitrogen and oxygen atoms in total. The van der Waals surface area contributed by atoms with Gasteiger partial charge in [-0.05, 0) is 24.6 Å². The van der Waals surface area contributed by atoms with Gasteiger partial charge in [0.05, 0.1) is 0 Å². The fourth-order valence-electron chi connectivity index (χ4n) is 1.58. The van der Waals surface area contributed by atoms with Crippen LogP contribution in [0.25, 0.3) is 6.08 Å². The van der Waals surface area contributed by atoms with Gasteiger partial charge < -0.3 is 5.11 Å². The summed E-state index contributed by atoms with van der Waals surface area (Å²) in [5.41, 5.74) is 0.855. The highest BCUT2D eigenvalue weighted by Gasteiger charge is 2.18. The third kappa shape index (κ3) is 3.02. The fraction of sp³-hybridized carbons (Fsp3) is 0.133. The molecule has 2 heteroatoms. The van der Waals surface area contributed by atoms with E-state index in [1.54, 1.807) is 25.4 Å².